The van der Waals surface area contributed by atoms with E-state index in [2.05, 4.69) is 40.3 Å². The lowest BCUT2D eigenvalue weighted by atomic mass is 10.1. The molecule has 0 spiro atoms. The van der Waals surface area contributed by atoms with Crippen LogP contribution in [0.5, 0.6) is 0 Å². The molecule has 0 aliphatic rings. The molecule has 21 heavy (non-hydrogen) atoms. The Balaban J connectivity index is 2.47. The molecule has 0 aliphatic carbocycles. The average Bonchev–Trinajstić information content (AvgIpc) is 2.48. The Morgan fingerprint density at radius 3 is 2.67 bits per heavy atom. The van der Waals surface area contributed by atoms with E-state index >= 15 is 0 Å². The molecule has 2 nitrogen and oxygen atoms in total. The molecule has 0 saturated carbocycles. The number of nitrogens with two attached hydrogens (primary N) is 1. The molecule has 0 saturated heterocycles. The molecule has 0 heterocycles. The highest BCUT2D eigenvalue weighted by molar-refractivity contribution is 9.10. The van der Waals surface area contributed by atoms with Crippen molar-refractivity contribution in [3.63, 3.8) is 0 Å². The van der Waals surface area contributed by atoms with E-state index in [0.29, 0.717) is 4.99 Å². The first-order valence-corrected chi connectivity index (χ1v) is 9.01. The third-order valence-electron chi connectivity index (χ3n) is 3.21. The van der Waals surface area contributed by atoms with Gasteiger partial charge in [0.05, 0.1) is 0 Å². The number of aryl methyl sites for hydroxylation is 1. The summed E-state index contributed by atoms with van der Waals surface area (Å²) < 4.78 is 1.08. The van der Waals surface area contributed by atoms with E-state index in [1.165, 1.54) is 5.56 Å². The van der Waals surface area contributed by atoms with Gasteiger partial charge in [-0.3, -0.25) is 0 Å². The van der Waals surface area contributed by atoms with Gasteiger partial charge in [0.25, 0.3) is 0 Å². The SMILES string of the molecule is CCc1cc(Br)ccc1Nc1cccc(SC)c1C(N)=S. The van der Waals surface area contributed by atoms with Gasteiger partial charge in [0, 0.05) is 26.3 Å². The van der Waals surface area contributed by atoms with Crippen LogP contribution >= 0.6 is 39.9 Å². The first kappa shape index (κ1) is 16.3. The fourth-order valence-corrected chi connectivity index (χ4v) is 3.51. The number of rotatable bonds is 5. The van der Waals surface area contributed by atoms with Gasteiger partial charge in [-0.2, -0.15) is 0 Å². The van der Waals surface area contributed by atoms with Gasteiger partial charge in [-0.1, -0.05) is 41.1 Å². The molecular weight excluding hydrogens is 364 g/mol. The Hall–Kier alpha value is -1.04. The van der Waals surface area contributed by atoms with E-state index in [-0.39, 0.29) is 0 Å². The minimum absolute atomic E-state index is 0.414. The Morgan fingerprint density at radius 1 is 1.29 bits per heavy atom. The van der Waals surface area contributed by atoms with E-state index in [4.69, 9.17) is 18.0 Å². The second-order valence-electron chi connectivity index (χ2n) is 4.53. The van der Waals surface area contributed by atoms with Crippen molar-refractivity contribution >= 4 is 56.3 Å². The van der Waals surface area contributed by atoms with Crippen molar-refractivity contribution in [3.8, 4) is 0 Å². The fourth-order valence-electron chi connectivity index (χ4n) is 2.18. The highest BCUT2D eigenvalue weighted by Crippen LogP contribution is 2.31. The second-order valence-corrected chi connectivity index (χ2v) is 6.73. The van der Waals surface area contributed by atoms with Crippen molar-refractivity contribution in [2.75, 3.05) is 11.6 Å². The number of thiocarbonyl (C=S) groups is 1. The van der Waals surface area contributed by atoms with Crippen LogP contribution in [0.4, 0.5) is 11.4 Å². The summed E-state index contributed by atoms with van der Waals surface area (Å²) in [5.74, 6) is 0. The quantitative estimate of drug-likeness (QED) is 0.558. The summed E-state index contributed by atoms with van der Waals surface area (Å²) in [7, 11) is 0. The van der Waals surface area contributed by atoms with Crippen molar-refractivity contribution in [3.05, 3.63) is 52.0 Å². The van der Waals surface area contributed by atoms with Gasteiger partial charge in [0.15, 0.2) is 0 Å². The standard InChI is InChI=1S/C16H17BrN2S2/c1-3-10-9-11(17)7-8-12(10)19-13-5-4-6-14(21-2)15(13)16(18)20/h4-9,19H,3H2,1-2H3,(H2,18,20). The first-order valence-electron chi connectivity index (χ1n) is 6.59. The lowest BCUT2D eigenvalue weighted by Gasteiger charge is -2.16. The lowest BCUT2D eigenvalue weighted by molar-refractivity contribution is 1.14. The summed E-state index contributed by atoms with van der Waals surface area (Å²) in [6, 6.07) is 12.3. The number of benzene rings is 2. The maximum Gasteiger partial charge on any atom is 0.107 e. The third-order valence-corrected chi connectivity index (χ3v) is 4.69. The zero-order chi connectivity index (χ0) is 15.4. The van der Waals surface area contributed by atoms with E-state index in [9.17, 15) is 0 Å². The second kappa shape index (κ2) is 7.29. The minimum Gasteiger partial charge on any atom is -0.389 e. The van der Waals surface area contributed by atoms with Crippen LogP contribution in [-0.2, 0) is 6.42 Å². The summed E-state index contributed by atoms with van der Waals surface area (Å²) >= 11 is 10.4. The summed E-state index contributed by atoms with van der Waals surface area (Å²) in [5, 5.41) is 3.47. The Kier molecular flexibility index (Phi) is 5.67. The molecule has 3 N–H and O–H groups in total. The molecule has 0 amide bonds. The molecule has 0 atom stereocenters. The van der Waals surface area contributed by atoms with E-state index in [1.807, 2.05) is 30.5 Å². The van der Waals surface area contributed by atoms with E-state index in [0.717, 1.165) is 32.7 Å². The number of anilines is 2. The van der Waals surface area contributed by atoms with Crippen molar-refractivity contribution in [1.29, 1.82) is 0 Å². The van der Waals surface area contributed by atoms with Gasteiger partial charge in [-0.25, -0.2) is 0 Å². The highest BCUT2D eigenvalue weighted by atomic mass is 79.9. The molecule has 0 aliphatic heterocycles. The first-order chi connectivity index (χ1) is 10.1. The number of halogens is 1. The predicted octanol–water partition coefficient (Wildman–Crippen LogP) is 5.11. The van der Waals surface area contributed by atoms with Gasteiger partial charge in [-0.05, 0) is 48.6 Å². The molecule has 0 bridgehead atoms. The van der Waals surface area contributed by atoms with Crippen LogP contribution in [0.1, 0.15) is 18.1 Å². The minimum atomic E-state index is 0.414. The van der Waals surface area contributed by atoms with Crippen LogP contribution in [0, 0.1) is 0 Å². The summed E-state index contributed by atoms with van der Waals surface area (Å²) in [4.78, 5) is 1.50. The van der Waals surface area contributed by atoms with Crippen LogP contribution in [0.25, 0.3) is 0 Å². The zero-order valence-corrected chi connectivity index (χ0v) is 15.2. The fraction of sp³-hybridized carbons (Fsp3) is 0.188. The van der Waals surface area contributed by atoms with Crippen molar-refractivity contribution in [2.24, 2.45) is 5.73 Å². The molecule has 2 aromatic carbocycles. The average molecular weight is 381 g/mol. The van der Waals surface area contributed by atoms with Crippen LogP contribution in [0.15, 0.2) is 45.8 Å². The highest BCUT2D eigenvalue weighted by Gasteiger charge is 2.12. The Labute approximate surface area is 143 Å². The predicted molar refractivity (Wildman–Crippen MR) is 101 cm³/mol. The molecule has 0 unspecified atom stereocenters. The van der Waals surface area contributed by atoms with Gasteiger partial charge >= 0.3 is 0 Å². The van der Waals surface area contributed by atoms with Crippen LogP contribution < -0.4 is 11.1 Å². The van der Waals surface area contributed by atoms with Gasteiger partial charge < -0.3 is 11.1 Å². The van der Waals surface area contributed by atoms with E-state index in [1.54, 1.807) is 11.8 Å². The number of hydrogen-bond acceptors (Lipinski definition) is 3. The lowest BCUT2D eigenvalue weighted by Crippen LogP contribution is -2.13. The molecule has 110 valence electrons. The van der Waals surface area contributed by atoms with Crippen molar-refractivity contribution < 1.29 is 0 Å². The molecule has 0 radical (unpaired) electrons. The molecule has 2 rings (SSSR count). The summed E-state index contributed by atoms with van der Waals surface area (Å²) in [6.45, 7) is 2.14. The third kappa shape index (κ3) is 3.78. The smallest absolute Gasteiger partial charge is 0.107 e. The van der Waals surface area contributed by atoms with Crippen LogP contribution in [0.2, 0.25) is 0 Å². The molecular formula is C16H17BrN2S2. The van der Waals surface area contributed by atoms with Gasteiger partial charge in [0.2, 0.25) is 0 Å². The molecule has 2 aromatic rings. The molecule has 0 aromatic heterocycles. The number of nitrogens with one attached hydrogen (secondary N) is 1. The zero-order valence-electron chi connectivity index (χ0n) is 11.9. The number of hydrogen-bond donors (Lipinski definition) is 2. The topological polar surface area (TPSA) is 38.0 Å². The molecule has 0 fully saturated rings. The van der Waals surface area contributed by atoms with Crippen molar-refractivity contribution in [2.45, 2.75) is 18.2 Å². The maximum absolute atomic E-state index is 5.91. The Bertz CT molecular complexity index is 671. The maximum atomic E-state index is 5.91. The Morgan fingerprint density at radius 2 is 2.05 bits per heavy atom. The monoisotopic (exact) mass is 380 g/mol. The van der Waals surface area contributed by atoms with Gasteiger partial charge in [0.1, 0.15) is 4.99 Å². The normalized spacial score (nSPS) is 10.4. The van der Waals surface area contributed by atoms with E-state index < -0.39 is 0 Å². The van der Waals surface area contributed by atoms with Crippen LogP contribution in [-0.4, -0.2) is 11.2 Å². The number of thioether (sulfide) groups is 1. The summed E-state index contributed by atoms with van der Waals surface area (Å²) in [6.07, 6.45) is 2.98. The molecule has 5 heteroatoms. The van der Waals surface area contributed by atoms with Crippen LogP contribution in [0.3, 0.4) is 0 Å². The van der Waals surface area contributed by atoms with Crippen molar-refractivity contribution in [1.82, 2.24) is 0 Å². The van der Waals surface area contributed by atoms with Gasteiger partial charge in [-0.15, -0.1) is 11.8 Å². The largest absolute Gasteiger partial charge is 0.389 e. The summed E-state index contributed by atoms with van der Waals surface area (Å²) in [5.41, 5.74) is 10.1.